The summed E-state index contributed by atoms with van der Waals surface area (Å²) in [6.07, 6.45) is 2.28. The van der Waals surface area contributed by atoms with E-state index in [0.29, 0.717) is 13.1 Å². The highest BCUT2D eigenvalue weighted by molar-refractivity contribution is 7.18. The van der Waals surface area contributed by atoms with E-state index in [1.165, 1.54) is 5.56 Å². The standard InChI is InChI=1S/C20H21N3OS/c1-23(13-18-22-16-9-5-6-10-17(16)25-18)19(24)21-14-20(11-12-20)15-7-3-2-4-8-15/h2-10H,11-14H2,1H3,(H,21,24). The van der Waals surface area contributed by atoms with E-state index < -0.39 is 0 Å². The van der Waals surface area contributed by atoms with Crippen LogP contribution in [0.1, 0.15) is 23.4 Å². The van der Waals surface area contributed by atoms with E-state index in [4.69, 9.17) is 0 Å². The first-order valence-electron chi connectivity index (χ1n) is 8.55. The minimum atomic E-state index is -0.0403. The minimum absolute atomic E-state index is 0.0403. The Balaban J connectivity index is 1.36. The van der Waals surface area contributed by atoms with Gasteiger partial charge in [0, 0.05) is 19.0 Å². The van der Waals surface area contributed by atoms with Crippen LogP contribution < -0.4 is 5.32 Å². The lowest BCUT2D eigenvalue weighted by Gasteiger charge is -2.21. The molecule has 1 aliphatic rings. The average molecular weight is 351 g/mol. The van der Waals surface area contributed by atoms with Gasteiger partial charge in [0.15, 0.2) is 0 Å². The molecule has 1 fully saturated rings. The molecule has 0 aliphatic heterocycles. The topological polar surface area (TPSA) is 45.2 Å². The quantitative estimate of drug-likeness (QED) is 0.750. The molecule has 0 bridgehead atoms. The zero-order valence-electron chi connectivity index (χ0n) is 14.2. The van der Waals surface area contributed by atoms with Crippen molar-refractivity contribution in [1.82, 2.24) is 15.2 Å². The van der Waals surface area contributed by atoms with Crippen molar-refractivity contribution in [2.24, 2.45) is 0 Å². The van der Waals surface area contributed by atoms with Gasteiger partial charge in [-0.3, -0.25) is 0 Å². The second-order valence-electron chi connectivity index (χ2n) is 6.74. The predicted molar refractivity (Wildman–Crippen MR) is 102 cm³/mol. The average Bonchev–Trinajstić information content (AvgIpc) is 3.33. The molecule has 0 unspecified atom stereocenters. The van der Waals surface area contributed by atoms with Crippen molar-refractivity contribution in [3.8, 4) is 0 Å². The lowest BCUT2D eigenvalue weighted by molar-refractivity contribution is 0.206. The highest BCUT2D eigenvalue weighted by Crippen LogP contribution is 2.47. The first-order valence-corrected chi connectivity index (χ1v) is 9.37. The van der Waals surface area contributed by atoms with Crippen LogP contribution >= 0.6 is 11.3 Å². The Kier molecular flexibility index (Phi) is 4.17. The van der Waals surface area contributed by atoms with Crippen LogP contribution in [0.5, 0.6) is 0 Å². The summed E-state index contributed by atoms with van der Waals surface area (Å²) >= 11 is 1.64. The first kappa shape index (κ1) is 16.1. The number of benzene rings is 2. The number of hydrogen-bond acceptors (Lipinski definition) is 3. The van der Waals surface area contributed by atoms with Gasteiger partial charge < -0.3 is 10.2 Å². The van der Waals surface area contributed by atoms with E-state index >= 15 is 0 Å². The van der Waals surface area contributed by atoms with Crippen LogP contribution in [0.15, 0.2) is 54.6 Å². The van der Waals surface area contributed by atoms with Crippen molar-refractivity contribution in [3.63, 3.8) is 0 Å². The maximum Gasteiger partial charge on any atom is 0.317 e. The van der Waals surface area contributed by atoms with Gasteiger partial charge in [0.2, 0.25) is 0 Å². The normalized spacial score (nSPS) is 15.1. The van der Waals surface area contributed by atoms with Gasteiger partial charge in [-0.25, -0.2) is 9.78 Å². The molecule has 1 heterocycles. The van der Waals surface area contributed by atoms with Crippen LogP contribution in [-0.2, 0) is 12.0 Å². The predicted octanol–water partition coefficient (Wildman–Crippen LogP) is 4.17. The summed E-state index contributed by atoms with van der Waals surface area (Å²) in [6, 6.07) is 18.5. The molecule has 2 aromatic carbocycles. The molecule has 4 rings (SSSR count). The Bertz CT molecular complexity index is 853. The summed E-state index contributed by atoms with van der Waals surface area (Å²) in [4.78, 5) is 18.8. The number of aromatic nitrogens is 1. The van der Waals surface area contributed by atoms with Gasteiger partial charge in [0.1, 0.15) is 5.01 Å². The molecule has 25 heavy (non-hydrogen) atoms. The van der Waals surface area contributed by atoms with Crippen molar-refractivity contribution in [2.45, 2.75) is 24.8 Å². The molecule has 0 spiro atoms. The smallest absolute Gasteiger partial charge is 0.317 e. The molecule has 1 saturated carbocycles. The van der Waals surface area contributed by atoms with E-state index in [2.05, 4.69) is 40.6 Å². The van der Waals surface area contributed by atoms with Crippen molar-refractivity contribution in [3.05, 3.63) is 65.2 Å². The van der Waals surface area contributed by atoms with Crippen LogP contribution in [0.3, 0.4) is 0 Å². The molecule has 0 saturated heterocycles. The number of nitrogens with zero attached hydrogens (tertiary/aromatic N) is 2. The zero-order chi connectivity index (χ0) is 17.3. The zero-order valence-corrected chi connectivity index (χ0v) is 15.1. The van der Waals surface area contributed by atoms with Gasteiger partial charge in [-0.2, -0.15) is 0 Å². The number of hydrogen-bond donors (Lipinski definition) is 1. The molecule has 1 aromatic heterocycles. The largest absolute Gasteiger partial charge is 0.337 e. The van der Waals surface area contributed by atoms with E-state index in [1.54, 1.807) is 16.2 Å². The number of amides is 2. The van der Waals surface area contributed by atoms with E-state index in [-0.39, 0.29) is 11.4 Å². The fourth-order valence-electron chi connectivity index (χ4n) is 3.15. The fourth-order valence-corrected chi connectivity index (χ4v) is 4.17. The van der Waals surface area contributed by atoms with Crippen LogP contribution in [0, 0.1) is 0 Å². The van der Waals surface area contributed by atoms with Crippen molar-refractivity contribution >= 4 is 27.6 Å². The minimum Gasteiger partial charge on any atom is -0.337 e. The van der Waals surface area contributed by atoms with Crippen molar-refractivity contribution in [2.75, 3.05) is 13.6 Å². The Hall–Kier alpha value is -2.40. The summed E-state index contributed by atoms with van der Waals surface area (Å²) < 4.78 is 1.16. The Morgan fingerprint density at radius 1 is 1.16 bits per heavy atom. The summed E-state index contributed by atoms with van der Waals surface area (Å²) in [5.74, 6) is 0. The Morgan fingerprint density at radius 3 is 2.60 bits per heavy atom. The number of thiazole rings is 1. The fraction of sp³-hybridized carbons (Fsp3) is 0.300. The molecule has 4 nitrogen and oxygen atoms in total. The van der Waals surface area contributed by atoms with Gasteiger partial charge in [0.05, 0.1) is 16.8 Å². The monoisotopic (exact) mass is 351 g/mol. The molecule has 5 heteroatoms. The van der Waals surface area contributed by atoms with Gasteiger partial charge in [-0.15, -0.1) is 11.3 Å². The summed E-state index contributed by atoms with van der Waals surface area (Å²) in [7, 11) is 1.82. The van der Waals surface area contributed by atoms with Crippen molar-refractivity contribution < 1.29 is 4.79 Å². The molecule has 1 aliphatic carbocycles. The third-order valence-corrected chi connectivity index (χ3v) is 5.90. The van der Waals surface area contributed by atoms with Gasteiger partial charge in [0.25, 0.3) is 0 Å². The van der Waals surface area contributed by atoms with Crippen LogP contribution in [0.2, 0.25) is 0 Å². The summed E-state index contributed by atoms with van der Waals surface area (Å²) in [5, 5.41) is 4.06. The van der Waals surface area contributed by atoms with E-state index in [1.807, 2.05) is 31.3 Å². The highest BCUT2D eigenvalue weighted by Gasteiger charge is 2.44. The lowest BCUT2D eigenvalue weighted by atomic mass is 9.96. The molecule has 128 valence electrons. The summed E-state index contributed by atoms with van der Waals surface area (Å²) in [5.41, 5.74) is 2.45. The van der Waals surface area contributed by atoms with Crippen LogP contribution in [-0.4, -0.2) is 29.5 Å². The number of nitrogens with one attached hydrogen (secondary N) is 1. The van der Waals surface area contributed by atoms with Crippen LogP contribution in [0.25, 0.3) is 10.2 Å². The third-order valence-electron chi connectivity index (χ3n) is 4.88. The van der Waals surface area contributed by atoms with E-state index in [0.717, 1.165) is 28.1 Å². The Labute approximate surface area is 151 Å². The highest BCUT2D eigenvalue weighted by atomic mass is 32.1. The van der Waals surface area contributed by atoms with Gasteiger partial charge in [-0.05, 0) is 30.5 Å². The number of fused-ring (bicyclic) bond motifs is 1. The number of para-hydroxylation sites is 1. The Morgan fingerprint density at radius 2 is 1.88 bits per heavy atom. The maximum atomic E-state index is 12.5. The number of rotatable bonds is 5. The molecular weight excluding hydrogens is 330 g/mol. The van der Waals surface area contributed by atoms with E-state index in [9.17, 15) is 4.79 Å². The number of carbonyl (C=O) groups excluding carboxylic acids is 1. The first-order chi connectivity index (χ1) is 12.2. The summed E-state index contributed by atoms with van der Waals surface area (Å²) in [6.45, 7) is 1.23. The van der Waals surface area contributed by atoms with Gasteiger partial charge in [-0.1, -0.05) is 42.5 Å². The molecule has 0 radical (unpaired) electrons. The second kappa shape index (κ2) is 6.48. The SMILES string of the molecule is CN(Cc1nc2ccccc2s1)C(=O)NCC1(c2ccccc2)CC1. The van der Waals surface area contributed by atoms with Crippen molar-refractivity contribution in [1.29, 1.82) is 0 Å². The lowest BCUT2D eigenvalue weighted by Crippen LogP contribution is -2.40. The van der Waals surface area contributed by atoms with Crippen LogP contribution in [0.4, 0.5) is 4.79 Å². The van der Waals surface area contributed by atoms with Gasteiger partial charge >= 0.3 is 6.03 Å². The molecule has 1 N–H and O–H groups in total. The number of urea groups is 1. The maximum absolute atomic E-state index is 12.5. The molecule has 3 aromatic rings. The molecule has 0 atom stereocenters. The molecule has 2 amide bonds. The second-order valence-corrected chi connectivity index (χ2v) is 7.85. The third kappa shape index (κ3) is 3.37. The molecular formula is C20H21N3OS. The number of carbonyl (C=O) groups is 1.